The molecule has 8 heteroatoms. The minimum atomic E-state index is -0.377. The fraction of sp³-hybridized carbons (Fsp3) is 0.417. The number of imidazole rings is 1. The molecule has 0 saturated heterocycles. The SMILES string of the molecule is CSc1ncc(CNC(=O)c2noc(C)c2CO)n1C. The molecule has 0 unspecified atom stereocenters. The molecule has 2 N–H and O–H groups in total. The van der Waals surface area contributed by atoms with Crippen LogP contribution in [0.5, 0.6) is 0 Å². The zero-order valence-electron chi connectivity index (χ0n) is 11.5. The van der Waals surface area contributed by atoms with Crippen molar-refractivity contribution in [1.29, 1.82) is 0 Å². The molecule has 7 nitrogen and oxygen atoms in total. The monoisotopic (exact) mass is 296 g/mol. The Labute approximate surface area is 120 Å². The molecule has 0 fully saturated rings. The first-order valence-corrected chi connectivity index (χ1v) is 7.19. The molecule has 0 atom stereocenters. The number of amides is 1. The molecular weight excluding hydrogens is 280 g/mol. The highest BCUT2D eigenvalue weighted by molar-refractivity contribution is 7.98. The summed E-state index contributed by atoms with van der Waals surface area (Å²) in [7, 11) is 1.89. The van der Waals surface area contributed by atoms with Crippen molar-refractivity contribution in [1.82, 2.24) is 20.0 Å². The third-order valence-corrected chi connectivity index (χ3v) is 3.76. The van der Waals surface area contributed by atoms with Gasteiger partial charge in [-0.1, -0.05) is 16.9 Å². The number of carbonyl (C=O) groups excluding carboxylic acids is 1. The van der Waals surface area contributed by atoms with E-state index >= 15 is 0 Å². The van der Waals surface area contributed by atoms with Crippen LogP contribution in [-0.4, -0.2) is 32.0 Å². The van der Waals surface area contributed by atoms with E-state index in [0.29, 0.717) is 17.9 Å². The highest BCUT2D eigenvalue weighted by Crippen LogP contribution is 2.15. The maximum Gasteiger partial charge on any atom is 0.274 e. The van der Waals surface area contributed by atoms with Crippen LogP contribution < -0.4 is 5.32 Å². The summed E-state index contributed by atoms with van der Waals surface area (Å²) < 4.78 is 6.82. The molecule has 0 aliphatic heterocycles. The van der Waals surface area contributed by atoms with E-state index in [-0.39, 0.29) is 18.2 Å². The van der Waals surface area contributed by atoms with Crippen LogP contribution in [0.3, 0.4) is 0 Å². The van der Waals surface area contributed by atoms with Gasteiger partial charge in [-0.25, -0.2) is 4.98 Å². The number of nitrogens with one attached hydrogen (secondary N) is 1. The van der Waals surface area contributed by atoms with Gasteiger partial charge in [0.2, 0.25) is 0 Å². The van der Waals surface area contributed by atoms with Gasteiger partial charge in [0.15, 0.2) is 10.9 Å². The molecule has 20 heavy (non-hydrogen) atoms. The van der Waals surface area contributed by atoms with Crippen LogP contribution in [0.25, 0.3) is 0 Å². The van der Waals surface area contributed by atoms with E-state index in [1.807, 2.05) is 17.9 Å². The number of aryl methyl sites for hydroxylation is 1. The summed E-state index contributed by atoms with van der Waals surface area (Å²) in [4.78, 5) is 16.2. The Bertz CT molecular complexity index is 620. The van der Waals surface area contributed by atoms with Crippen LogP contribution in [0.15, 0.2) is 15.9 Å². The Morgan fingerprint density at radius 2 is 2.35 bits per heavy atom. The van der Waals surface area contributed by atoms with Crippen LogP contribution in [-0.2, 0) is 20.2 Å². The average Bonchev–Trinajstić information content (AvgIpc) is 2.99. The topological polar surface area (TPSA) is 93.2 Å². The molecule has 0 aromatic carbocycles. The van der Waals surface area contributed by atoms with Crippen LogP contribution in [0, 0.1) is 6.92 Å². The number of thioether (sulfide) groups is 1. The van der Waals surface area contributed by atoms with Crippen molar-refractivity contribution in [3.63, 3.8) is 0 Å². The van der Waals surface area contributed by atoms with E-state index < -0.39 is 0 Å². The second-order valence-electron chi connectivity index (χ2n) is 4.20. The maximum absolute atomic E-state index is 12.0. The lowest BCUT2D eigenvalue weighted by molar-refractivity contribution is 0.0938. The Balaban J connectivity index is 2.06. The van der Waals surface area contributed by atoms with E-state index in [1.54, 1.807) is 13.1 Å². The van der Waals surface area contributed by atoms with Gasteiger partial charge in [-0.3, -0.25) is 4.79 Å². The Hall–Kier alpha value is -1.80. The third kappa shape index (κ3) is 2.70. The first-order chi connectivity index (χ1) is 9.58. The van der Waals surface area contributed by atoms with Gasteiger partial charge >= 0.3 is 0 Å². The van der Waals surface area contributed by atoms with E-state index in [1.165, 1.54) is 11.8 Å². The smallest absolute Gasteiger partial charge is 0.274 e. The van der Waals surface area contributed by atoms with Crippen LogP contribution >= 0.6 is 11.8 Å². The first kappa shape index (κ1) is 14.6. The largest absolute Gasteiger partial charge is 0.391 e. The molecule has 2 heterocycles. The Kier molecular flexibility index (Phi) is 4.46. The minimum Gasteiger partial charge on any atom is -0.391 e. The third-order valence-electron chi connectivity index (χ3n) is 3.01. The lowest BCUT2D eigenvalue weighted by Crippen LogP contribution is -2.25. The molecule has 2 rings (SSSR count). The van der Waals surface area contributed by atoms with Crippen molar-refractivity contribution in [3.05, 3.63) is 28.9 Å². The molecule has 0 spiro atoms. The number of aliphatic hydroxyl groups is 1. The summed E-state index contributed by atoms with van der Waals surface area (Å²) in [5, 5.41) is 16.5. The molecule has 0 radical (unpaired) electrons. The lowest BCUT2D eigenvalue weighted by Gasteiger charge is -2.06. The molecule has 108 valence electrons. The molecule has 2 aromatic heterocycles. The average molecular weight is 296 g/mol. The van der Waals surface area contributed by atoms with Gasteiger partial charge in [0.05, 0.1) is 30.6 Å². The number of rotatable bonds is 5. The number of nitrogens with zero attached hydrogens (tertiary/aromatic N) is 3. The zero-order chi connectivity index (χ0) is 14.7. The van der Waals surface area contributed by atoms with E-state index in [9.17, 15) is 9.90 Å². The van der Waals surface area contributed by atoms with Crippen molar-refractivity contribution >= 4 is 17.7 Å². The Morgan fingerprint density at radius 1 is 1.60 bits per heavy atom. The quantitative estimate of drug-likeness (QED) is 0.795. The van der Waals surface area contributed by atoms with Crippen LogP contribution in [0.2, 0.25) is 0 Å². The summed E-state index contributed by atoms with van der Waals surface area (Å²) in [6, 6.07) is 0. The summed E-state index contributed by atoms with van der Waals surface area (Å²) in [6.45, 7) is 1.71. The number of hydrogen-bond acceptors (Lipinski definition) is 6. The van der Waals surface area contributed by atoms with Gasteiger partial charge in [-0.15, -0.1) is 0 Å². The highest BCUT2D eigenvalue weighted by Gasteiger charge is 2.19. The first-order valence-electron chi connectivity index (χ1n) is 5.97. The molecule has 0 aliphatic rings. The van der Waals surface area contributed by atoms with Crippen molar-refractivity contribution in [2.75, 3.05) is 6.26 Å². The standard InChI is InChI=1S/C12H16N4O3S/c1-7-9(6-17)10(15-19-7)11(18)13-4-8-5-14-12(20-3)16(8)2/h5,17H,4,6H2,1-3H3,(H,13,18). The highest BCUT2D eigenvalue weighted by atomic mass is 32.2. The van der Waals surface area contributed by atoms with Crippen LogP contribution in [0.1, 0.15) is 27.5 Å². The summed E-state index contributed by atoms with van der Waals surface area (Å²) in [5.74, 6) is 0.0701. The van der Waals surface area contributed by atoms with E-state index in [4.69, 9.17) is 4.52 Å². The predicted octanol–water partition coefficient (Wildman–Crippen LogP) is 0.861. The van der Waals surface area contributed by atoms with Gasteiger partial charge in [-0.05, 0) is 13.2 Å². The summed E-state index contributed by atoms with van der Waals surface area (Å²) >= 11 is 1.54. The van der Waals surface area contributed by atoms with Crippen LogP contribution in [0.4, 0.5) is 0 Å². The zero-order valence-corrected chi connectivity index (χ0v) is 12.3. The molecule has 0 aliphatic carbocycles. The molecule has 2 aromatic rings. The molecule has 1 amide bonds. The summed E-state index contributed by atoms with van der Waals surface area (Å²) in [5.41, 5.74) is 1.42. The lowest BCUT2D eigenvalue weighted by atomic mass is 10.2. The Morgan fingerprint density at radius 3 is 2.95 bits per heavy atom. The van der Waals surface area contributed by atoms with Crippen molar-refractivity contribution in [2.24, 2.45) is 7.05 Å². The summed E-state index contributed by atoms with van der Waals surface area (Å²) in [6.07, 6.45) is 3.66. The second kappa shape index (κ2) is 6.10. The van der Waals surface area contributed by atoms with Crippen molar-refractivity contribution in [2.45, 2.75) is 25.2 Å². The fourth-order valence-corrected chi connectivity index (χ4v) is 2.34. The minimum absolute atomic E-state index is 0.122. The number of aromatic nitrogens is 3. The van der Waals surface area contributed by atoms with Gasteiger partial charge in [0.25, 0.3) is 5.91 Å². The van der Waals surface area contributed by atoms with Crippen molar-refractivity contribution < 1.29 is 14.4 Å². The maximum atomic E-state index is 12.0. The second-order valence-corrected chi connectivity index (χ2v) is 4.98. The van der Waals surface area contributed by atoms with Gasteiger partial charge < -0.3 is 19.5 Å². The van der Waals surface area contributed by atoms with Gasteiger partial charge in [-0.2, -0.15) is 0 Å². The molecule has 0 saturated carbocycles. The van der Waals surface area contributed by atoms with Gasteiger partial charge in [0, 0.05) is 7.05 Å². The molecule has 0 bridgehead atoms. The molecular formula is C12H16N4O3S. The number of hydrogen-bond donors (Lipinski definition) is 2. The van der Waals surface area contributed by atoms with E-state index in [2.05, 4.69) is 15.5 Å². The number of aliphatic hydroxyl groups excluding tert-OH is 1. The van der Waals surface area contributed by atoms with Crippen molar-refractivity contribution in [3.8, 4) is 0 Å². The fourth-order valence-electron chi connectivity index (χ4n) is 1.79. The van der Waals surface area contributed by atoms with Gasteiger partial charge in [0.1, 0.15) is 5.76 Å². The predicted molar refractivity (Wildman–Crippen MR) is 73.3 cm³/mol. The number of carbonyl (C=O) groups is 1. The normalized spacial score (nSPS) is 10.8. The van der Waals surface area contributed by atoms with E-state index in [0.717, 1.165) is 10.9 Å².